The highest BCUT2D eigenvalue weighted by Gasteiger charge is 2.25. The van der Waals surface area contributed by atoms with E-state index in [0.29, 0.717) is 31.9 Å². The van der Waals surface area contributed by atoms with Gasteiger partial charge in [0.05, 0.1) is 19.0 Å². The molecule has 1 unspecified atom stereocenters. The number of carbonyl (C=O) groups is 3. The van der Waals surface area contributed by atoms with Crippen LogP contribution in [0.1, 0.15) is 24.9 Å². The molecule has 1 saturated heterocycles. The lowest BCUT2D eigenvalue weighted by Crippen LogP contribution is -2.51. The first-order valence-corrected chi connectivity index (χ1v) is 10.3. The highest BCUT2D eigenvalue weighted by molar-refractivity contribution is 5.92. The van der Waals surface area contributed by atoms with Crippen molar-refractivity contribution >= 4 is 23.4 Å². The molecule has 0 radical (unpaired) electrons. The van der Waals surface area contributed by atoms with Gasteiger partial charge in [0.15, 0.2) is 0 Å². The van der Waals surface area contributed by atoms with E-state index < -0.39 is 0 Å². The Morgan fingerprint density at radius 3 is 2.23 bits per heavy atom. The van der Waals surface area contributed by atoms with Gasteiger partial charge in [0.1, 0.15) is 5.82 Å². The summed E-state index contributed by atoms with van der Waals surface area (Å²) in [4.78, 5) is 40.4. The molecule has 2 aromatic rings. The number of nitrogens with one attached hydrogen (secondary N) is 2. The fraction of sp³-hybridized carbons (Fsp3) is 0.348. The zero-order valence-electron chi connectivity index (χ0n) is 17.5. The SMILES string of the molecule is CC(=O)NC(CC(=O)N1CCN(CC(=O)Nc2ccc(F)cc2)CC1)c1ccccc1. The van der Waals surface area contributed by atoms with Crippen molar-refractivity contribution in [2.24, 2.45) is 0 Å². The highest BCUT2D eigenvalue weighted by atomic mass is 19.1. The number of rotatable bonds is 7. The zero-order chi connectivity index (χ0) is 22.2. The maximum Gasteiger partial charge on any atom is 0.238 e. The van der Waals surface area contributed by atoms with Crippen LogP contribution in [0.15, 0.2) is 54.6 Å². The van der Waals surface area contributed by atoms with Crippen LogP contribution >= 0.6 is 0 Å². The summed E-state index contributed by atoms with van der Waals surface area (Å²) in [5, 5.41) is 5.60. The standard InChI is InChI=1S/C23H27FN4O3/c1-17(29)25-21(18-5-3-2-4-6-18)15-23(31)28-13-11-27(12-14-28)16-22(30)26-20-9-7-19(24)8-10-20/h2-10,21H,11-16H2,1H3,(H,25,29)(H,26,30). The predicted molar refractivity (Wildman–Crippen MR) is 116 cm³/mol. The molecule has 0 bridgehead atoms. The lowest BCUT2D eigenvalue weighted by molar-refractivity contribution is -0.133. The minimum Gasteiger partial charge on any atom is -0.349 e. The van der Waals surface area contributed by atoms with E-state index in [-0.39, 0.29) is 42.5 Å². The number of nitrogens with zero attached hydrogens (tertiary/aromatic N) is 2. The van der Waals surface area contributed by atoms with Crippen molar-refractivity contribution in [3.63, 3.8) is 0 Å². The normalized spacial score (nSPS) is 15.2. The van der Waals surface area contributed by atoms with E-state index in [1.54, 1.807) is 4.90 Å². The van der Waals surface area contributed by atoms with Crippen LogP contribution in [0.2, 0.25) is 0 Å². The van der Waals surface area contributed by atoms with E-state index in [9.17, 15) is 18.8 Å². The second kappa shape index (κ2) is 10.7. The maximum atomic E-state index is 13.0. The number of hydrogen-bond donors (Lipinski definition) is 2. The molecular weight excluding hydrogens is 399 g/mol. The van der Waals surface area contributed by atoms with Crippen LogP contribution in [0.4, 0.5) is 10.1 Å². The average molecular weight is 426 g/mol. The summed E-state index contributed by atoms with van der Waals surface area (Å²) in [7, 11) is 0. The molecule has 164 valence electrons. The maximum absolute atomic E-state index is 13.0. The van der Waals surface area contributed by atoms with Crippen molar-refractivity contribution in [2.45, 2.75) is 19.4 Å². The molecule has 1 aliphatic rings. The molecule has 3 rings (SSSR count). The molecular formula is C23H27FN4O3. The number of amides is 3. The summed E-state index contributed by atoms with van der Waals surface area (Å²) in [6.45, 7) is 3.85. The lowest BCUT2D eigenvalue weighted by Gasteiger charge is -2.35. The number of carbonyl (C=O) groups excluding carboxylic acids is 3. The van der Waals surface area contributed by atoms with Crippen molar-refractivity contribution in [1.29, 1.82) is 0 Å². The van der Waals surface area contributed by atoms with E-state index in [1.807, 2.05) is 35.2 Å². The number of hydrogen-bond acceptors (Lipinski definition) is 4. The third-order valence-corrected chi connectivity index (χ3v) is 5.18. The van der Waals surface area contributed by atoms with Crippen LogP contribution in [0.3, 0.4) is 0 Å². The summed E-state index contributed by atoms with van der Waals surface area (Å²) in [6.07, 6.45) is 0.189. The van der Waals surface area contributed by atoms with E-state index in [0.717, 1.165) is 5.56 Å². The van der Waals surface area contributed by atoms with Gasteiger partial charge in [0.25, 0.3) is 0 Å². The van der Waals surface area contributed by atoms with Crippen LogP contribution in [0.25, 0.3) is 0 Å². The van der Waals surface area contributed by atoms with Crippen molar-refractivity contribution < 1.29 is 18.8 Å². The Kier molecular flexibility index (Phi) is 7.72. The minimum atomic E-state index is -0.370. The van der Waals surface area contributed by atoms with Crippen molar-refractivity contribution in [2.75, 3.05) is 38.0 Å². The molecule has 7 nitrogen and oxygen atoms in total. The van der Waals surface area contributed by atoms with Gasteiger partial charge >= 0.3 is 0 Å². The van der Waals surface area contributed by atoms with Crippen molar-refractivity contribution in [3.8, 4) is 0 Å². The Labute approximate surface area is 181 Å². The summed E-state index contributed by atoms with van der Waals surface area (Å²) in [6, 6.07) is 14.7. The Balaban J connectivity index is 1.47. The molecule has 0 aromatic heterocycles. The highest BCUT2D eigenvalue weighted by Crippen LogP contribution is 2.18. The van der Waals surface area contributed by atoms with E-state index >= 15 is 0 Å². The molecule has 1 atom stereocenters. The topological polar surface area (TPSA) is 81.8 Å². The Morgan fingerprint density at radius 2 is 1.61 bits per heavy atom. The zero-order valence-corrected chi connectivity index (χ0v) is 17.5. The minimum absolute atomic E-state index is 0.0296. The quantitative estimate of drug-likeness (QED) is 0.711. The second-order valence-corrected chi connectivity index (χ2v) is 7.58. The number of piperazine rings is 1. The summed E-state index contributed by atoms with van der Waals surface area (Å²) < 4.78 is 13.0. The molecule has 1 heterocycles. The first-order valence-electron chi connectivity index (χ1n) is 10.3. The van der Waals surface area contributed by atoms with Crippen LogP contribution in [-0.2, 0) is 14.4 Å². The van der Waals surface area contributed by atoms with Gasteiger partial charge in [0, 0.05) is 38.8 Å². The Bertz CT molecular complexity index is 897. The van der Waals surface area contributed by atoms with Gasteiger partial charge in [-0.15, -0.1) is 0 Å². The van der Waals surface area contributed by atoms with Crippen molar-refractivity contribution in [1.82, 2.24) is 15.1 Å². The number of anilines is 1. The summed E-state index contributed by atoms with van der Waals surface area (Å²) in [5.74, 6) is -0.746. The first kappa shape index (κ1) is 22.4. The van der Waals surface area contributed by atoms with Crippen LogP contribution in [-0.4, -0.2) is 60.2 Å². The smallest absolute Gasteiger partial charge is 0.238 e. The predicted octanol–water partition coefficient (Wildman–Crippen LogP) is 2.18. The molecule has 2 N–H and O–H groups in total. The molecule has 31 heavy (non-hydrogen) atoms. The first-order chi connectivity index (χ1) is 14.9. The molecule has 0 aliphatic carbocycles. The molecule has 0 saturated carbocycles. The van der Waals surface area contributed by atoms with E-state index in [4.69, 9.17) is 0 Å². The molecule has 1 fully saturated rings. The lowest BCUT2D eigenvalue weighted by atomic mass is 10.0. The molecule has 8 heteroatoms. The fourth-order valence-electron chi connectivity index (χ4n) is 3.58. The van der Waals surface area contributed by atoms with E-state index in [1.165, 1.54) is 31.2 Å². The van der Waals surface area contributed by atoms with Gasteiger partial charge in [0.2, 0.25) is 17.7 Å². The van der Waals surface area contributed by atoms with Gasteiger partial charge in [-0.2, -0.15) is 0 Å². The molecule has 3 amide bonds. The van der Waals surface area contributed by atoms with Gasteiger partial charge in [-0.1, -0.05) is 30.3 Å². The Morgan fingerprint density at radius 1 is 0.968 bits per heavy atom. The van der Waals surface area contributed by atoms with E-state index in [2.05, 4.69) is 10.6 Å². The summed E-state index contributed by atoms with van der Waals surface area (Å²) >= 11 is 0. The third kappa shape index (κ3) is 6.89. The van der Waals surface area contributed by atoms with Crippen LogP contribution < -0.4 is 10.6 Å². The van der Waals surface area contributed by atoms with Crippen LogP contribution in [0.5, 0.6) is 0 Å². The largest absolute Gasteiger partial charge is 0.349 e. The molecule has 0 spiro atoms. The third-order valence-electron chi connectivity index (χ3n) is 5.18. The second-order valence-electron chi connectivity index (χ2n) is 7.58. The number of halogens is 1. The van der Waals surface area contributed by atoms with Gasteiger partial charge < -0.3 is 15.5 Å². The van der Waals surface area contributed by atoms with Gasteiger partial charge in [-0.3, -0.25) is 19.3 Å². The van der Waals surface area contributed by atoms with Gasteiger partial charge in [-0.05, 0) is 29.8 Å². The fourth-order valence-corrected chi connectivity index (χ4v) is 3.58. The average Bonchev–Trinajstić information content (AvgIpc) is 2.75. The van der Waals surface area contributed by atoms with Crippen LogP contribution in [0, 0.1) is 5.82 Å². The molecule has 2 aromatic carbocycles. The van der Waals surface area contributed by atoms with Crippen molar-refractivity contribution in [3.05, 3.63) is 66.0 Å². The van der Waals surface area contributed by atoms with Gasteiger partial charge in [-0.25, -0.2) is 4.39 Å². The molecule has 1 aliphatic heterocycles. The summed E-state index contributed by atoms with van der Waals surface area (Å²) in [5.41, 5.74) is 1.44. The number of benzene rings is 2. The Hall–Kier alpha value is -3.26. The monoisotopic (exact) mass is 426 g/mol.